The first kappa shape index (κ1) is 90.5. The zero-order valence-corrected chi connectivity index (χ0v) is 68.1. The fraction of sp³-hybridized carbons (Fsp3) is 0.519. The number of allylic oxidation sites excluding steroid dienone is 2. The molecule has 7 aromatic rings. The van der Waals surface area contributed by atoms with Gasteiger partial charge in [-0.05, 0) is 125 Å². The van der Waals surface area contributed by atoms with E-state index in [9.17, 15) is 47.9 Å². The number of hydrogen-bond donors (Lipinski definition) is 11. The lowest BCUT2D eigenvalue weighted by Gasteiger charge is -2.54. The number of nitrogens with one attached hydrogen (secondary N) is 7. The molecule has 2 aliphatic rings. The molecule has 0 bridgehead atoms. The van der Waals surface area contributed by atoms with Crippen molar-refractivity contribution in [1.82, 2.24) is 69.7 Å². The topological polar surface area (TPSA) is 511 Å². The zero-order chi connectivity index (χ0) is 85.0. The lowest BCUT2D eigenvalue weighted by atomic mass is 9.91. The number of anilines is 3. The minimum absolute atomic E-state index is 0.00588. The molecule has 640 valence electrons. The molecule has 2 saturated heterocycles. The summed E-state index contributed by atoms with van der Waals surface area (Å²) < 4.78 is 47.0. The van der Waals surface area contributed by atoms with Gasteiger partial charge in [-0.15, -0.1) is 0 Å². The van der Waals surface area contributed by atoms with Crippen molar-refractivity contribution >= 4 is 99.0 Å². The van der Waals surface area contributed by atoms with E-state index in [0.29, 0.717) is 148 Å². The van der Waals surface area contributed by atoms with Crippen LogP contribution in [-0.2, 0) is 85.2 Å². The number of nitrogens with zero attached hydrogens (tertiary/aromatic N) is 10. The summed E-state index contributed by atoms with van der Waals surface area (Å²) >= 11 is 0. The number of ether oxygens (including phenoxy) is 7. The Kier molecular flexibility index (Phi) is 33.9. The molecule has 0 saturated carbocycles. The molecule has 3 atom stereocenters. The SMILES string of the molecule is CCn1nc(C)cc1C(=O)Nc1nc2cc(C(N)=O)ccc2n1C/C=C/Cn1c(NC(=O)c2cc(C)nn2CC)nc2cc(C(N)=O)cc(OCCCN3CC4(C3)CN(C(=O)[C@H](CC(C)C)NC(=O)OCc3ccc(NC(=O)[C@H](CCCNC(N)=O)NC(=O)[C@@H](NC(=O)CCOCCOCCOCCOCCON)C(C)C)cc3)CCO4)c21. The first-order valence-corrected chi connectivity index (χ1v) is 39.5. The predicted molar refractivity (Wildman–Crippen MR) is 434 cm³/mol. The molecular weight excluding hydrogens is 1530 g/mol. The van der Waals surface area contributed by atoms with Crippen LogP contribution in [0.5, 0.6) is 5.75 Å². The Morgan fingerprint density at radius 2 is 1.22 bits per heavy atom. The highest BCUT2D eigenvalue weighted by molar-refractivity contribution is 6.05. The van der Waals surface area contributed by atoms with E-state index in [4.69, 9.17) is 66.2 Å². The number of benzene rings is 3. The van der Waals surface area contributed by atoms with Crippen molar-refractivity contribution < 1.29 is 85.9 Å². The van der Waals surface area contributed by atoms with Crippen LogP contribution in [0.1, 0.15) is 132 Å². The van der Waals surface area contributed by atoms with Crippen LogP contribution < -0.4 is 65.1 Å². The molecule has 0 aliphatic carbocycles. The standard InChI is InChI=1S/C79H111N21O18/c1-9-99-62(40-51(7)93-99)71(105)91-76-87-58-42-54(68(80)102)18-21-61(58)97(76)25-11-12-26-98-67-59(88-77(98)92-72(106)63-41-52(8)94-100(63)10-2)43-55(69(81)103)44-64(67)115-28-14-24-95-46-79(47-95)48-96(27-30-117-79)74(108)60(39-49(3)4)89-78(110)116-45-53-16-19-56(20-17-53)85-70(104)57(15-13-23-84-75(82)109)86-73(107)66(50(5)6)90-65(101)22-29-111-31-32-112-33-34-113-35-36-114-37-38-118-83/h11-12,16-21,40-44,49-50,57,60,66H,9-10,13-15,22-39,45-48,83H2,1-8H3,(H2,80,102)(H2,81,103)(H,85,104)(H,86,107)(H,89,110)(H,90,101)(H3,82,84,109)(H,87,91,105)(H,88,92,106)/b12-11+/t57-,60-,66-/m0/s1. The highest BCUT2D eigenvalue weighted by Crippen LogP contribution is 2.34. The second kappa shape index (κ2) is 44.2. The summed E-state index contributed by atoms with van der Waals surface area (Å²) in [5, 5.41) is 28.4. The number of aromatic nitrogens is 8. The normalized spacial score (nSPS) is 14.1. The number of urea groups is 1. The average molecular weight is 1640 g/mol. The second-order valence-corrected chi connectivity index (χ2v) is 29.4. The molecule has 118 heavy (non-hydrogen) atoms. The van der Waals surface area contributed by atoms with Gasteiger partial charge in [-0.1, -0.05) is 52.0 Å². The summed E-state index contributed by atoms with van der Waals surface area (Å²) in [6, 6.07) is 13.9. The number of nitrogens with two attached hydrogens (primary N) is 4. The molecular formula is C79H111N21O18. The van der Waals surface area contributed by atoms with Crippen LogP contribution in [0, 0.1) is 25.7 Å². The molecule has 4 aromatic heterocycles. The Morgan fingerprint density at radius 1 is 0.627 bits per heavy atom. The van der Waals surface area contributed by atoms with Gasteiger partial charge in [-0.2, -0.15) is 10.2 Å². The predicted octanol–water partition coefficient (Wildman–Crippen LogP) is 3.78. The van der Waals surface area contributed by atoms with Crippen LogP contribution in [0.4, 0.5) is 27.2 Å². The van der Waals surface area contributed by atoms with Crippen LogP contribution in [0.15, 0.2) is 78.9 Å². The molecule has 2 aliphatic heterocycles. The van der Waals surface area contributed by atoms with Crippen molar-refractivity contribution in [3.63, 3.8) is 0 Å². The monoisotopic (exact) mass is 1640 g/mol. The Balaban J connectivity index is 0.772. The van der Waals surface area contributed by atoms with Gasteiger partial charge in [0.2, 0.25) is 47.3 Å². The van der Waals surface area contributed by atoms with Gasteiger partial charge in [0.15, 0.2) is 0 Å². The van der Waals surface area contributed by atoms with Gasteiger partial charge in [0.05, 0.1) is 107 Å². The van der Waals surface area contributed by atoms with E-state index in [2.05, 4.69) is 57.2 Å². The highest BCUT2D eigenvalue weighted by atomic mass is 16.6. The largest absolute Gasteiger partial charge is 0.491 e. The number of hydrogen-bond acceptors (Lipinski definition) is 24. The third-order valence-electron chi connectivity index (χ3n) is 19.3. The van der Waals surface area contributed by atoms with E-state index < -0.39 is 77.2 Å². The van der Waals surface area contributed by atoms with Crippen molar-refractivity contribution in [1.29, 1.82) is 0 Å². The van der Waals surface area contributed by atoms with Crippen molar-refractivity contribution in [2.24, 2.45) is 34.9 Å². The molecule has 6 heterocycles. The van der Waals surface area contributed by atoms with Crippen molar-refractivity contribution in [3.8, 4) is 5.75 Å². The molecule has 3 aromatic carbocycles. The van der Waals surface area contributed by atoms with Crippen molar-refractivity contribution in [2.45, 2.75) is 144 Å². The first-order valence-electron chi connectivity index (χ1n) is 39.5. The van der Waals surface area contributed by atoms with Gasteiger partial charge in [-0.25, -0.2) is 25.5 Å². The Bertz CT molecular complexity index is 4640. The number of likely N-dealkylation sites (tertiary alicyclic amines) is 1. The summed E-state index contributed by atoms with van der Waals surface area (Å²) in [5.74, 6) is 0.968. The van der Waals surface area contributed by atoms with E-state index in [-0.39, 0.29) is 132 Å². The first-order chi connectivity index (χ1) is 56.6. The van der Waals surface area contributed by atoms with Gasteiger partial charge in [0.1, 0.15) is 53.0 Å². The number of amides is 11. The molecule has 39 nitrogen and oxygen atoms in total. The highest BCUT2D eigenvalue weighted by Gasteiger charge is 2.48. The Labute approximate surface area is 682 Å². The molecule has 11 amide bonds. The zero-order valence-electron chi connectivity index (χ0n) is 68.1. The second-order valence-electron chi connectivity index (χ2n) is 29.4. The number of primary amides is 3. The van der Waals surface area contributed by atoms with E-state index in [0.717, 1.165) is 0 Å². The fourth-order valence-corrected chi connectivity index (χ4v) is 13.6. The molecule has 1 spiro atoms. The summed E-state index contributed by atoms with van der Waals surface area (Å²) in [5.41, 5.74) is 21.1. The van der Waals surface area contributed by atoms with E-state index in [1.165, 1.54) is 12.1 Å². The molecule has 2 fully saturated rings. The molecule has 39 heteroatoms. The Morgan fingerprint density at radius 3 is 1.81 bits per heavy atom. The van der Waals surface area contributed by atoms with E-state index in [1.807, 2.05) is 39.8 Å². The number of morpholine rings is 1. The minimum Gasteiger partial charge on any atom is -0.491 e. The maximum absolute atomic E-state index is 14.4. The number of imidazole rings is 2. The van der Waals surface area contributed by atoms with Crippen LogP contribution in [-0.4, -0.2) is 244 Å². The average Bonchev–Trinajstić information content (AvgIpc) is 1.57. The maximum Gasteiger partial charge on any atom is 0.408 e. The number of rotatable bonds is 48. The van der Waals surface area contributed by atoms with Crippen molar-refractivity contribution in [2.75, 3.05) is 128 Å². The molecule has 0 radical (unpaired) electrons. The quantitative estimate of drug-likeness (QED) is 0.0147. The lowest BCUT2D eigenvalue weighted by Crippen LogP contribution is -2.71. The smallest absolute Gasteiger partial charge is 0.408 e. The van der Waals surface area contributed by atoms with Crippen LogP contribution in [0.2, 0.25) is 0 Å². The summed E-state index contributed by atoms with van der Waals surface area (Å²) in [7, 11) is 0. The van der Waals surface area contributed by atoms with E-state index in [1.54, 1.807) is 106 Å². The minimum atomic E-state index is -1.10. The number of alkyl carbamates (subject to hydrolysis) is 1. The Hall–Kier alpha value is -11.5. The van der Waals surface area contributed by atoms with Crippen molar-refractivity contribution in [3.05, 3.63) is 118 Å². The lowest BCUT2D eigenvalue weighted by molar-refractivity contribution is -0.190. The van der Waals surface area contributed by atoms with Gasteiger partial charge in [0.25, 0.3) is 11.8 Å². The fourth-order valence-electron chi connectivity index (χ4n) is 13.6. The van der Waals surface area contributed by atoms with Gasteiger partial charge < -0.3 is 95.8 Å². The number of aryl methyl sites for hydroxylation is 4. The van der Waals surface area contributed by atoms with Crippen LogP contribution in [0.25, 0.3) is 22.1 Å². The maximum atomic E-state index is 14.4. The number of fused-ring (bicyclic) bond motifs is 2. The summed E-state index contributed by atoms with van der Waals surface area (Å²) in [4.78, 5) is 151. The van der Waals surface area contributed by atoms with Gasteiger partial charge in [0, 0.05) is 82.1 Å². The number of carbonyl (C=O) groups excluding carboxylic acids is 10. The molecule has 15 N–H and O–H groups in total. The number of carbonyl (C=O) groups is 10. The third kappa shape index (κ3) is 26.0. The van der Waals surface area contributed by atoms with Crippen LogP contribution >= 0.6 is 0 Å². The van der Waals surface area contributed by atoms with Gasteiger partial charge >= 0.3 is 12.1 Å². The summed E-state index contributed by atoms with van der Waals surface area (Å²) in [6.45, 7) is 21.1. The van der Waals surface area contributed by atoms with Gasteiger partial charge in [-0.3, -0.25) is 63.3 Å². The van der Waals surface area contributed by atoms with E-state index >= 15 is 0 Å². The molecule has 9 rings (SSSR count). The van der Waals surface area contributed by atoms with Crippen LogP contribution in [0.3, 0.4) is 0 Å². The molecule has 0 unspecified atom stereocenters. The third-order valence-corrected chi connectivity index (χ3v) is 19.3. The summed E-state index contributed by atoms with van der Waals surface area (Å²) in [6.07, 6.45) is 4.01.